The van der Waals surface area contributed by atoms with Crippen LogP contribution in [0.4, 0.5) is 5.69 Å². The Morgan fingerprint density at radius 1 is 1.37 bits per heavy atom. The predicted molar refractivity (Wildman–Crippen MR) is 80.4 cm³/mol. The van der Waals surface area contributed by atoms with E-state index < -0.39 is 0 Å². The average Bonchev–Trinajstić information content (AvgIpc) is 2.83. The van der Waals surface area contributed by atoms with Crippen molar-refractivity contribution in [3.05, 3.63) is 60.7 Å². The highest BCUT2D eigenvalue weighted by atomic mass is 79.9. The highest BCUT2D eigenvalue weighted by Gasteiger charge is 2.10. The quantitative estimate of drug-likeness (QED) is 0.653. The van der Waals surface area contributed by atoms with Gasteiger partial charge in [-0.1, -0.05) is 12.1 Å². The summed E-state index contributed by atoms with van der Waals surface area (Å²) in [6, 6.07) is 8.89. The van der Waals surface area contributed by atoms with Gasteiger partial charge < -0.3 is 5.32 Å². The molecular weight excluding hydrogens is 328 g/mol. The number of nitro groups is 1. The first kappa shape index (κ1) is 14.2. The van der Waals surface area contributed by atoms with Crippen molar-refractivity contribution in [1.29, 1.82) is 0 Å². The van der Waals surface area contributed by atoms with Crippen LogP contribution in [0.1, 0.15) is 23.4 Å². The topological polar surface area (TPSA) is 55.2 Å². The van der Waals surface area contributed by atoms with Gasteiger partial charge in [0.05, 0.1) is 4.92 Å². The van der Waals surface area contributed by atoms with Crippen molar-refractivity contribution >= 4 is 33.0 Å². The van der Waals surface area contributed by atoms with Gasteiger partial charge in [0, 0.05) is 34.1 Å². The summed E-state index contributed by atoms with van der Waals surface area (Å²) >= 11 is 5.21. The first-order chi connectivity index (χ1) is 9.08. The maximum Gasteiger partial charge on any atom is 0.269 e. The minimum absolute atomic E-state index is 0.123. The van der Waals surface area contributed by atoms with Crippen LogP contribution in [0.2, 0.25) is 0 Å². The van der Waals surface area contributed by atoms with E-state index in [1.165, 1.54) is 17.0 Å². The molecule has 0 amide bonds. The van der Waals surface area contributed by atoms with Crippen LogP contribution in [0.5, 0.6) is 0 Å². The Morgan fingerprint density at radius 2 is 2.05 bits per heavy atom. The van der Waals surface area contributed by atoms with Gasteiger partial charge in [0.15, 0.2) is 0 Å². The molecule has 6 heteroatoms. The van der Waals surface area contributed by atoms with Crippen molar-refractivity contribution in [2.45, 2.75) is 19.5 Å². The molecule has 0 saturated carbocycles. The lowest BCUT2D eigenvalue weighted by atomic mass is 10.2. The molecule has 2 rings (SSSR count). The molecule has 0 aliphatic rings. The Labute approximate surface area is 123 Å². The second-order valence-electron chi connectivity index (χ2n) is 4.16. The number of nitrogens with one attached hydrogen (secondary N) is 1. The smallest absolute Gasteiger partial charge is 0.269 e. The maximum absolute atomic E-state index is 10.6. The van der Waals surface area contributed by atoms with Gasteiger partial charge in [-0.2, -0.15) is 0 Å². The lowest BCUT2D eigenvalue weighted by Gasteiger charge is -2.12. The summed E-state index contributed by atoms with van der Waals surface area (Å²) in [5.74, 6) is 0. The zero-order valence-electron chi connectivity index (χ0n) is 10.3. The summed E-state index contributed by atoms with van der Waals surface area (Å²) in [5.41, 5.74) is 1.16. The fourth-order valence-corrected chi connectivity index (χ4v) is 3.46. The van der Waals surface area contributed by atoms with E-state index in [-0.39, 0.29) is 16.7 Å². The molecule has 2 aromatic rings. The Morgan fingerprint density at radius 3 is 2.58 bits per heavy atom. The molecule has 0 aliphatic carbocycles. The lowest BCUT2D eigenvalue weighted by molar-refractivity contribution is -0.384. The molecule has 1 heterocycles. The molecule has 1 aromatic carbocycles. The number of non-ortho nitro benzene ring substituents is 1. The number of thiophene rings is 1. The van der Waals surface area contributed by atoms with E-state index in [2.05, 4.69) is 28.2 Å². The molecule has 1 atom stereocenters. The molecule has 0 radical (unpaired) electrons. The molecule has 0 spiro atoms. The molecule has 1 unspecified atom stereocenters. The zero-order chi connectivity index (χ0) is 13.8. The fraction of sp³-hybridized carbons (Fsp3) is 0.231. The molecule has 0 bridgehead atoms. The van der Waals surface area contributed by atoms with E-state index in [4.69, 9.17) is 0 Å². The van der Waals surface area contributed by atoms with Gasteiger partial charge in [-0.3, -0.25) is 10.1 Å². The van der Waals surface area contributed by atoms with Crippen LogP contribution in [0.15, 0.2) is 40.2 Å². The summed E-state index contributed by atoms with van der Waals surface area (Å²) in [6.45, 7) is 2.78. The van der Waals surface area contributed by atoms with Gasteiger partial charge in [0.25, 0.3) is 5.69 Å². The number of rotatable bonds is 5. The lowest BCUT2D eigenvalue weighted by Crippen LogP contribution is -2.17. The van der Waals surface area contributed by atoms with Crippen LogP contribution in [0, 0.1) is 10.1 Å². The summed E-state index contributed by atoms with van der Waals surface area (Å²) in [5, 5.41) is 16.0. The summed E-state index contributed by atoms with van der Waals surface area (Å²) in [7, 11) is 0. The van der Waals surface area contributed by atoms with E-state index >= 15 is 0 Å². The van der Waals surface area contributed by atoms with E-state index in [0.29, 0.717) is 6.54 Å². The van der Waals surface area contributed by atoms with Crippen LogP contribution < -0.4 is 5.32 Å². The Kier molecular flexibility index (Phi) is 4.68. The van der Waals surface area contributed by atoms with Gasteiger partial charge in [-0.05, 0) is 39.9 Å². The summed E-state index contributed by atoms with van der Waals surface area (Å²) < 4.78 is 1.11. The standard InChI is InChI=1S/C13H13BrN2O2S/c1-9(13-12(14)6-7-19-13)15-8-10-2-4-11(5-3-10)16(17)18/h2-7,9,15H,8H2,1H3. The van der Waals surface area contributed by atoms with Crippen molar-refractivity contribution < 1.29 is 4.92 Å². The highest BCUT2D eigenvalue weighted by Crippen LogP contribution is 2.28. The first-order valence-corrected chi connectivity index (χ1v) is 7.45. The molecule has 100 valence electrons. The van der Waals surface area contributed by atoms with Crippen LogP contribution in [0.3, 0.4) is 0 Å². The Bertz CT molecular complexity index is 568. The molecule has 1 aromatic heterocycles. The molecular formula is C13H13BrN2O2S. The van der Waals surface area contributed by atoms with Gasteiger partial charge in [-0.25, -0.2) is 0 Å². The van der Waals surface area contributed by atoms with Crippen LogP contribution in [-0.4, -0.2) is 4.92 Å². The van der Waals surface area contributed by atoms with E-state index in [1.807, 2.05) is 11.4 Å². The minimum atomic E-state index is -0.386. The van der Waals surface area contributed by atoms with E-state index in [1.54, 1.807) is 23.5 Å². The molecule has 0 aliphatic heterocycles. The van der Waals surface area contributed by atoms with Crippen LogP contribution >= 0.6 is 27.3 Å². The molecule has 4 nitrogen and oxygen atoms in total. The molecule has 19 heavy (non-hydrogen) atoms. The van der Waals surface area contributed by atoms with Gasteiger partial charge in [0.1, 0.15) is 0 Å². The second kappa shape index (κ2) is 6.27. The van der Waals surface area contributed by atoms with Crippen molar-refractivity contribution in [2.24, 2.45) is 0 Å². The summed E-state index contributed by atoms with van der Waals surface area (Å²) in [4.78, 5) is 11.4. The number of nitro benzene ring substituents is 1. The van der Waals surface area contributed by atoms with Crippen LogP contribution in [0.25, 0.3) is 0 Å². The van der Waals surface area contributed by atoms with Crippen molar-refractivity contribution in [1.82, 2.24) is 5.32 Å². The van der Waals surface area contributed by atoms with Crippen molar-refractivity contribution in [2.75, 3.05) is 0 Å². The fourth-order valence-electron chi connectivity index (χ4n) is 1.71. The average molecular weight is 341 g/mol. The SMILES string of the molecule is CC(NCc1ccc([N+](=O)[O-])cc1)c1sccc1Br. The molecule has 1 N–H and O–H groups in total. The number of hydrogen-bond donors (Lipinski definition) is 1. The number of benzene rings is 1. The van der Waals surface area contributed by atoms with E-state index in [9.17, 15) is 10.1 Å². The third-order valence-corrected chi connectivity index (χ3v) is 4.85. The Hall–Kier alpha value is -1.24. The highest BCUT2D eigenvalue weighted by molar-refractivity contribution is 9.10. The maximum atomic E-state index is 10.6. The monoisotopic (exact) mass is 340 g/mol. The van der Waals surface area contributed by atoms with Gasteiger partial charge in [0.2, 0.25) is 0 Å². The van der Waals surface area contributed by atoms with Crippen molar-refractivity contribution in [3.8, 4) is 0 Å². The van der Waals surface area contributed by atoms with Crippen molar-refractivity contribution in [3.63, 3.8) is 0 Å². The molecule has 0 saturated heterocycles. The zero-order valence-corrected chi connectivity index (χ0v) is 12.7. The van der Waals surface area contributed by atoms with Gasteiger partial charge >= 0.3 is 0 Å². The third-order valence-electron chi connectivity index (χ3n) is 2.80. The predicted octanol–water partition coefficient (Wildman–Crippen LogP) is 4.27. The van der Waals surface area contributed by atoms with Gasteiger partial charge in [-0.15, -0.1) is 11.3 Å². The second-order valence-corrected chi connectivity index (χ2v) is 5.96. The normalized spacial score (nSPS) is 12.3. The minimum Gasteiger partial charge on any atom is -0.305 e. The third kappa shape index (κ3) is 3.62. The summed E-state index contributed by atoms with van der Waals surface area (Å²) in [6.07, 6.45) is 0. The van der Waals surface area contributed by atoms with Crippen LogP contribution in [-0.2, 0) is 6.54 Å². The first-order valence-electron chi connectivity index (χ1n) is 5.77. The number of nitrogens with zero attached hydrogens (tertiary/aromatic N) is 1. The molecule has 0 fully saturated rings. The van der Waals surface area contributed by atoms with E-state index in [0.717, 1.165) is 10.0 Å². The largest absolute Gasteiger partial charge is 0.305 e. The Balaban J connectivity index is 1.95. The number of halogens is 1. The number of hydrogen-bond acceptors (Lipinski definition) is 4.